The van der Waals surface area contributed by atoms with E-state index in [1.807, 2.05) is 32.0 Å². The van der Waals surface area contributed by atoms with Gasteiger partial charge in [0.25, 0.3) is 0 Å². The smallest absolute Gasteiger partial charge is 0.407 e. The third-order valence-corrected chi connectivity index (χ3v) is 11.4. The number of amides is 2. The van der Waals surface area contributed by atoms with Gasteiger partial charge in [-0.15, -0.1) is 0 Å². The topological polar surface area (TPSA) is 138 Å². The summed E-state index contributed by atoms with van der Waals surface area (Å²) in [5.41, 5.74) is 0.927. The van der Waals surface area contributed by atoms with Crippen LogP contribution in [0.4, 0.5) is 4.79 Å². The first-order valence-electron chi connectivity index (χ1n) is 17.0. The maximum atomic E-state index is 12.4. The number of pyridine rings is 1. The molecule has 11 nitrogen and oxygen atoms in total. The number of aromatic nitrogens is 1. The van der Waals surface area contributed by atoms with Gasteiger partial charge in [-0.2, -0.15) is 0 Å². The summed E-state index contributed by atoms with van der Waals surface area (Å²) in [6, 6.07) is 5.67. The standard InChI is InChI=1S/C36H51N3O8S2/c1-23(11-14-32-24(2)17-31(27(5)46-32)39-33(41)15-12-25(3)45-28(6)40)10-13-29-18-36(22-44-36)19-30(47-29)20-38-35(42)43-21-26(4)48-49-34-9-7-8-16-37-34/h7-13,15-16,24-27,29-32H,14,17-22H2,1-6H3,(H,38,42)(H,39,41)/b13-10+,15-12-,23-11+/t24-,25-,26+,27+,29+,30-,31+,32-,36+/m0/s1. The van der Waals surface area contributed by atoms with E-state index in [1.54, 1.807) is 40.8 Å². The number of esters is 1. The predicted octanol–water partition coefficient (Wildman–Crippen LogP) is 5.95. The van der Waals surface area contributed by atoms with Crippen LogP contribution in [0.3, 0.4) is 0 Å². The molecule has 0 aromatic carbocycles. The Hall–Kier alpha value is -2.84. The van der Waals surface area contributed by atoms with E-state index in [0.29, 0.717) is 19.8 Å². The first kappa shape index (κ1) is 39.0. The van der Waals surface area contributed by atoms with Crippen LogP contribution < -0.4 is 10.6 Å². The lowest BCUT2D eigenvalue weighted by Crippen LogP contribution is -2.50. The molecule has 1 aromatic rings. The van der Waals surface area contributed by atoms with Crippen molar-refractivity contribution in [3.63, 3.8) is 0 Å². The predicted molar refractivity (Wildman–Crippen MR) is 191 cm³/mol. The van der Waals surface area contributed by atoms with Gasteiger partial charge in [-0.05, 0) is 75.5 Å². The molecule has 3 aliphatic rings. The van der Waals surface area contributed by atoms with Gasteiger partial charge in [-0.25, -0.2) is 9.78 Å². The molecular weight excluding hydrogens is 667 g/mol. The van der Waals surface area contributed by atoms with Crippen LogP contribution in [0.2, 0.25) is 0 Å². The van der Waals surface area contributed by atoms with Gasteiger partial charge in [0.2, 0.25) is 5.91 Å². The van der Waals surface area contributed by atoms with Gasteiger partial charge < -0.3 is 34.3 Å². The second-order valence-corrected chi connectivity index (χ2v) is 15.9. The second kappa shape index (κ2) is 19.0. The minimum Gasteiger partial charge on any atom is -0.459 e. The number of epoxide rings is 1. The molecule has 4 rings (SSSR count). The van der Waals surface area contributed by atoms with Crippen molar-refractivity contribution in [3.05, 3.63) is 60.3 Å². The monoisotopic (exact) mass is 717 g/mol. The molecule has 2 amide bonds. The Morgan fingerprint density at radius 1 is 1.14 bits per heavy atom. The fraction of sp³-hybridized carbons (Fsp3) is 0.611. The molecule has 0 unspecified atom stereocenters. The molecule has 4 heterocycles. The van der Waals surface area contributed by atoms with Crippen molar-refractivity contribution in [2.24, 2.45) is 5.92 Å². The Labute approximate surface area is 298 Å². The molecule has 13 heteroatoms. The minimum absolute atomic E-state index is 0.0384. The average Bonchev–Trinajstić information content (AvgIpc) is 3.81. The number of rotatable bonds is 15. The Kier molecular flexibility index (Phi) is 15.1. The molecule has 1 spiro atoms. The Balaban J connectivity index is 1.17. The van der Waals surface area contributed by atoms with E-state index < -0.39 is 12.2 Å². The number of alkyl carbamates (subject to hydrolysis) is 1. The zero-order chi connectivity index (χ0) is 35.4. The lowest BCUT2D eigenvalue weighted by molar-refractivity contribution is -0.143. The fourth-order valence-corrected chi connectivity index (χ4v) is 7.75. The third kappa shape index (κ3) is 13.8. The highest BCUT2D eigenvalue weighted by atomic mass is 33.1. The molecule has 3 fully saturated rings. The highest BCUT2D eigenvalue weighted by molar-refractivity contribution is 8.76. The molecule has 0 radical (unpaired) electrons. The van der Waals surface area contributed by atoms with Crippen molar-refractivity contribution in [1.29, 1.82) is 0 Å². The van der Waals surface area contributed by atoms with Gasteiger partial charge >= 0.3 is 12.1 Å². The van der Waals surface area contributed by atoms with Crippen molar-refractivity contribution in [2.75, 3.05) is 19.8 Å². The van der Waals surface area contributed by atoms with Crippen LogP contribution in [-0.2, 0) is 33.3 Å². The summed E-state index contributed by atoms with van der Waals surface area (Å²) in [7, 11) is 3.18. The second-order valence-electron chi connectivity index (χ2n) is 13.2. The van der Waals surface area contributed by atoms with E-state index in [4.69, 9.17) is 23.7 Å². The summed E-state index contributed by atoms with van der Waals surface area (Å²) in [5, 5.41) is 6.92. The van der Waals surface area contributed by atoms with Crippen LogP contribution in [0, 0.1) is 5.92 Å². The SMILES string of the molecule is CC(=O)O[C@@H](C)/C=C\C(=O)N[C@@H]1C[C@H](C)[C@H](C/C=C(C)/C=C/[C@@H]2C[C@]3(CO3)C[C@@H](CNC(=O)OC[C@@H](C)SSc3ccccn3)O2)O[C@@H]1C. The summed E-state index contributed by atoms with van der Waals surface area (Å²) in [6.45, 7) is 12.6. The molecule has 3 aliphatic heterocycles. The van der Waals surface area contributed by atoms with Crippen molar-refractivity contribution >= 4 is 39.6 Å². The molecule has 49 heavy (non-hydrogen) atoms. The van der Waals surface area contributed by atoms with E-state index in [2.05, 4.69) is 47.7 Å². The zero-order valence-corrected chi connectivity index (χ0v) is 30.9. The maximum Gasteiger partial charge on any atom is 0.407 e. The number of ether oxygens (including phenoxy) is 5. The quantitative estimate of drug-likeness (QED) is 0.0732. The van der Waals surface area contributed by atoms with Gasteiger partial charge in [-0.3, -0.25) is 9.59 Å². The fourth-order valence-electron chi connectivity index (χ4n) is 5.87. The molecule has 0 bridgehead atoms. The Morgan fingerprint density at radius 2 is 1.94 bits per heavy atom. The number of hydrogen-bond donors (Lipinski definition) is 2. The molecule has 270 valence electrons. The number of carbonyl (C=O) groups excluding carboxylic acids is 3. The number of nitrogens with zero attached hydrogens (tertiary/aromatic N) is 1. The zero-order valence-electron chi connectivity index (χ0n) is 29.3. The van der Waals surface area contributed by atoms with E-state index in [9.17, 15) is 14.4 Å². The van der Waals surface area contributed by atoms with Gasteiger partial charge in [0.1, 0.15) is 17.7 Å². The summed E-state index contributed by atoms with van der Waals surface area (Å²) < 4.78 is 28.9. The summed E-state index contributed by atoms with van der Waals surface area (Å²) in [6.07, 6.45) is 12.8. The van der Waals surface area contributed by atoms with Crippen molar-refractivity contribution in [3.8, 4) is 0 Å². The Bertz CT molecular complexity index is 1340. The van der Waals surface area contributed by atoms with Crippen molar-refractivity contribution < 1.29 is 38.1 Å². The number of nitrogens with one attached hydrogen (secondary N) is 2. The van der Waals surface area contributed by atoms with Gasteiger partial charge in [0.15, 0.2) is 0 Å². The molecule has 9 atom stereocenters. The molecule has 0 saturated carbocycles. The van der Waals surface area contributed by atoms with Crippen LogP contribution >= 0.6 is 21.6 Å². The molecular formula is C36H51N3O8S2. The summed E-state index contributed by atoms with van der Waals surface area (Å²) in [5.74, 6) is -0.371. The van der Waals surface area contributed by atoms with E-state index in [1.165, 1.54) is 13.0 Å². The normalized spacial score (nSPS) is 29.8. The number of hydrogen-bond acceptors (Lipinski definition) is 11. The minimum atomic E-state index is -0.468. The first-order chi connectivity index (χ1) is 23.4. The number of carbonyl (C=O) groups is 3. The highest BCUT2D eigenvalue weighted by Crippen LogP contribution is 2.42. The van der Waals surface area contributed by atoms with Gasteiger partial charge in [-0.1, -0.05) is 47.6 Å². The lowest BCUT2D eigenvalue weighted by atomic mass is 9.88. The summed E-state index contributed by atoms with van der Waals surface area (Å²) in [4.78, 5) is 40.2. The largest absolute Gasteiger partial charge is 0.459 e. The first-order valence-corrected chi connectivity index (χ1v) is 19.2. The molecule has 0 aliphatic carbocycles. The maximum absolute atomic E-state index is 12.4. The van der Waals surface area contributed by atoms with Crippen LogP contribution in [0.25, 0.3) is 0 Å². The average molecular weight is 718 g/mol. The molecule has 1 aromatic heterocycles. The molecule has 3 saturated heterocycles. The van der Waals surface area contributed by atoms with E-state index in [0.717, 1.165) is 36.3 Å². The van der Waals surface area contributed by atoms with Crippen LogP contribution in [0.5, 0.6) is 0 Å². The summed E-state index contributed by atoms with van der Waals surface area (Å²) >= 11 is 0. The van der Waals surface area contributed by atoms with Gasteiger partial charge in [0.05, 0.1) is 42.7 Å². The molecule has 2 N–H and O–H groups in total. The highest BCUT2D eigenvalue weighted by Gasteiger charge is 2.51. The van der Waals surface area contributed by atoms with E-state index >= 15 is 0 Å². The van der Waals surface area contributed by atoms with Crippen molar-refractivity contribution in [1.82, 2.24) is 15.6 Å². The van der Waals surface area contributed by atoms with Crippen LogP contribution in [-0.4, -0.2) is 90.1 Å². The van der Waals surface area contributed by atoms with Gasteiger partial charge in [0, 0.05) is 43.8 Å². The number of allylic oxidation sites excluding steroid dienone is 2. The lowest BCUT2D eigenvalue weighted by Gasteiger charge is -2.39. The Morgan fingerprint density at radius 3 is 2.65 bits per heavy atom. The third-order valence-electron chi connectivity index (χ3n) is 8.61. The van der Waals surface area contributed by atoms with Crippen molar-refractivity contribution in [2.45, 2.75) is 120 Å². The van der Waals surface area contributed by atoms with Crippen LogP contribution in [0.15, 0.2) is 65.4 Å². The van der Waals surface area contributed by atoms with E-state index in [-0.39, 0.29) is 59.1 Å². The van der Waals surface area contributed by atoms with Crippen LogP contribution in [0.1, 0.15) is 67.2 Å².